The van der Waals surface area contributed by atoms with E-state index in [1.807, 2.05) is 73.7 Å². The number of fused-ring (bicyclic) bond motifs is 2. The van der Waals surface area contributed by atoms with Gasteiger partial charge in [0.25, 0.3) is 0 Å². The van der Waals surface area contributed by atoms with Gasteiger partial charge in [0, 0.05) is 10.8 Å². The summed E-state index contributed by atoms with van der Waals surface area (Å²) in [6.07, 6.45) is 0. The molecule has 2 aliphatic heterocycles. The fourth-order valence-corrected chi connectivity index (χ4v) is 7.38. The van der Waals surface area contributed by atoms with Crippen molar-refractivity contribution in [1.29, 1.82) is 0 Å². The highest BCUT2D eigenvalue weighted by Crippen LogP contribution is 2.53. The summed E-state index contributed by atoms with van der Waals surface area (Å²) < 4.78 is 6.04. The molecule has 2 aliphatic rings. The molecule has 1 fully saturated rings. The van der Waals surface area contributed by atoms with E-state index in [4.69, 9.17) is 4.74 Å². The Balaban J connectivity index is 1.38. The first-order valence-corrected chi connectivity index (χ1v) is 13.3. The van der Waals surface area contributed by atoms with Crippen LogP contribution >= 0.6 is 23.1 Å². The smallest absolute Gasteiger partial charge is 0.305 e. The van der Waals surface area contributed by atoms with Crippen molar-refractivity contribution in [2.24, 2.45) is 5.92 Å². The van der Waals surface area contributed by atoms with Gasteiger partial charge in [0.15, 0.2) is 0 Å². The van der Waals surface area contributed by atoms with Gasteiger partial charge in [0.05, 0.1) is 16.6 Å². The zero-order chi connectivity index (χ0) is 24.8. The predicted molar refractivity (Wildman–Crippen MR) is 141 cm³/mol. The molecule has 1 saturated heterocycles. The molecule has 1 N–H and O–H groups in total. The first-order chi connectivity index (χ1) is 17.5. The molecule has 1 aromatic heterocycles. The fourth-order valence-electron chi connectivity index (χ4n) is 4.86. The maximum absolute atomic E-state index is 13.8. The van der Waals surface area contributed by atoms with Crippen LogP contribution in [0.15, 0.2) is 88.7 Å². The molecule has 3 atom stereocenters. The maximum atomic E-state index is 13.8. The lowest BCUT2D eigenvalue weighted by molar-refractivity contribution is -0.122. The summed E-state index contributed by atoms with van der Waals surface area (Å²) >= 11 is 2.39. The van der Waals surface area contributed by atoms with Crippen molar-refractivity contribution in [2.75, 3.05) is 4.90 Å². The quantitative estimate of drug-likeness (QED) is 0.374. The van der Waals surface area contributed by atoms with E-state index >= 15 is 0 Å². The molecule has 6 rings (SSSR count). The Morgan fingerprint density at radius 1 is 0.917 bits per heavy atom. The van der Waals surface area contributed by atoms with Gasteiger partial charge in [-0.1, -0.05) is 83.3 Å². The molecule has 180 valence electrons. The van der Waals surface area contributed by atoms with Crippen molar-refractivity contribution in [1.82, 2.24) is 4.98 Å². The second-order valence-corrected chi connectivity index (χ2v) is 11.1. The van der Waals surface area contributed by atoms with Crippen molar-refractivity contribution in [3.8, 4) is 5.75 Å². The number of thioether (sulfide) groups is 1. The molecular formula is C28H22N2O4S2. The Kier molecular flexibility index (Phi) is 5.78. The maximum Gasteiger partial charge on any atom is 0.305 e. The Morgan fingerprint density at radius 2 is 1.69 bits per heavy atom. The Bertz CT molecular complexity index is 1510. The van der Waals surface area contributed by atoms with Gasteiger partial charge in [0.1, 0.15) is 17.6 Å². The number of nitrogens with one attached hydrogen (secondary N) is 1. The van der Waals surface area contributed by atoms with Gasteiger partial charge >= 0.3 is 4.87 Å². The molecule has 4 aromatic rings. The van der Waals surface area contributed by atoms with Gasteiger partial charge in [-0.3, -0.25) is 14.4 Å². The number of ether oxygens (including phenoxy) is 1. The summed E-state index contributed by atoms with van der Waals surface area (Å²) in [6.45, 7) is 2.38. The third kappa shape index (κ3) is 3.96. The van der Waals surface area contributed by atoms with Crippen LogP contribution in [0.2, 0.25) is 0 Å². The molecule has 3 heterocycles. The average molecular weight is 515 g/mol. The van der Waals surface area contributed by atoms with Gasteiger partial charge in [-0.2, -0.15) is 0 Å². The van der Waals surface area contributed by atoms with Crippen LogP contribution in [0.1, 0.15) is 27.5 Å². The number of thiazole rings is 1. The number of carbonyl (C=O) groups is 2. The van der Waals surface area contributed by atoms with E-state index in [-0.39, 0.29) is 16.7 Å². The van der Waals surface area contributed by atoms with Crippen molar-refractivity contribution in [3.05, 3.63) is 110 Å². The molecular weight excluding hydrogens is 492 g/mol. The lowest BCUT2D eigenvalue weighted by atomic mass is 9.83. The third-order valence-electron chi connectivity index (χ3n) is 6.58. The van der Waals surface area contributed by atoms with Crippen molar-refractivity contribution in [2.45, 2.75) is 29.7 Å². The Hall–Kier alpha value is -3.62. The largest absolute Gasteiger partial charge is 0.489 e. The summed E-state index contributed by atoms with van der Waals surface area (Å²) in [6, 6.07) is 24.9. The van der Waals surface area contributed by atoms with E-state index in [2.05, 4.69) is 4.98 Å². The number of benzene rings is 3. The minimum absolute atomic E-state index is 0.191. The minimum atomic E-state index is -0.618. The van der Waals surface area contributed by atoms with Crippen LogP contribution in [0.4, 0.5) is 5.69 Å². The Morgan fingerprint density at radius 3 is 2.47 bits per heavy atom. The third-order valence-corrected chi connectivity index (χ3v) is 8.98. The van der Waals surface area contributed by atoms with Crippen molar-refractivity contribution < 1.29 is 14.3 Å². The monoisotopic (exact) mass is 514 g/mol. The second kappa shape index (κ2) is 9.11. The number of aryl methyl sites for hydroxylation is 1. The molecule has 2 unspecified atom stereocenters. The normalized spacial score (nSPS) is 20.8. The lowest BCUT2D eigenvalue weighted by Gasteiger charge is -2.30. The van der Waals surface area contributed by atoms with Crippen LogP contribution in [0.3, 0.4) is 0 Å². The SMILES string of the molecule is Cc1ccc(N2C(=O)C3Sc4[nH]c(=O)sc4[C@H](c4cccc(OCc5ccccc5)c4)C3C2=O)cc1. The van der Waals surface area contributed by atoms with Gasteiger partial charge in [-0.05, 0) is 42.3 Å². The molecule has 2 amide bonds. The molecule has 0 spiro atoms. The highest BCUT2D eigenvalue weighted by atomic mass is 32.2. The molecule has 3 aromatic carbocycles. The van der Waals surface area contributed by atoms with Gasteiger partial charge in [0.2, 0.25) is 11.8 Å². The van der Waals surface area contributed by atoms with E-state index < -0.39 is 17.1 Å². The summed E-state index contributed by atoms with van der Waals surface area (Å²) in [5.41, 5.74) is 3.52. The number of hydrogen-bond donors (Lipinski definition) is 1. The topological polar surface area (TPSA) is 79.5 Å². The van der Waals surface area contributed by atoms with Crippen LogP contribution in [0.25, 0.3) is 0 Å². The van der Waals surface area contributed by atoms with Crippen molar-refractivity contribution in [3.63, 3.8) is 0 Å². The van der Waals surface area contributed by atoms with Gasteiger partial charge in [-0.15, -0.1) is 0 Å². The zero-order valence-electron chi connectivity index (χ0n) is 19.3. The Labute approximate surface area is 215 Å². The molecule has 0 radical (unpaired) electrons. The number of aromatic amines is 1. The highest BCUT2D eigenvalue weighted by Gasteiger charge is 2.56. The zero-order valence-corrected chi connectivity index (χ0v) is 21.0. The van der Waals surface area contributed by atoms with E-state index in [1.165, 1.54) is 16.7 Å². The van der Waals surface area contributed by atoms with Crippen molar-refractivity contribution >= 4 is 40.6 Å². The number of H-pyrrole nitrogens is 1. The first-order valence-electron chi connectivity index (χ1n) is 11.6. The standard InChI is InChI=1S/C28H22N2O4S2/c1-16-10-12-19(13-11-16)30-26(31)22-21(23-25(29-28(33)36-23)35-24(22)27(30)32)18-8-5-9-20(14-18)34-15-17-6-3-2-4-7-17/h2-14,21-22,24H,15H2,1H3,(H,29,33)/t21-,22?,24?/m1/s1. The number of anilines is 1. The summed E-state index contributed by atoms with van der Waals surface area (Å²) in [5.74, 6) is -0.872. The summed E-state index contributed by atoms with van der Waals surface area (Å²) in [7, 11) is 0. The van der Waals surface area contributed by atoms with Crippen LogP contribution in [0, 0.1) is 12.8 Å². The number of rotatable bonds is 5. The number of carbonyl (C=O) groups excluding carboxylic acids is 2. The number of aromatic nitrogens is 1. The molecule has 8 heteroatoms. The number of amides is 2. The first kappa shape index (κ1) is 22.8. The lowest BCUT2D eigenvalue weighted by Crippen LogP contribution is -2.32. The molecule has 6 nitrogen and oxygen atoms in total. The molecule has 0 bridgehead atoms. The summed E-state index contributed by atoms with van der Waals surface area (Å²) in [5, 5.41) is 0.0502. The average Bonchev–Trinajstić information content (AvgIpc) is 3.38. The van der Waals surface area contributed by atoms with E-state index in [0.29, 0.717) is 23.1 Å². The highest BCUT2D eigenvalue weighted by molar-refractivity contribution is 8.00. The molecule has 0 aliphatic carbocycles. The summed E-state index contributed by atoms with van der Waals surface area (Å²) in [4.78, 5) is 44.4. The van der Waals surface area contributed by atoms with Crippen LogP contribution in [-0.4, -0.2) is 22.0 Å². The fraction of sp³-hybridized carbons (Fsp3) is 0.179. The molecule has 36 heavy (non-hydrogen) atoms. The van der Waals surface area contributed by atoms with Crippen LogP contribution in [-0.2, 0) is 16.2 Å². The number of hydrogen-bond acceptors (Lipinski definition) is 6. The van der Waals surface area contributed by atoms with E-state index in [1.54, 1.807) is 12.1 Å². The van der Waals surface area contributed by atoms with E-state index in [9.17, 15) is 14.4 Å². The molecule has 0 saturated carbocycles. The number of nitrogens with zero attached hydrogens (tertiary/aromatic N) is 1. The van der Waals surface area contributed by atoms with Crippen LogP contribution < -0.4 is 14.5 Å². The second-order valence-electron chi connectivity index (χ2n) is 8.94. The van der Waals surface area contributed by atoms with E-state index in [0.717, 1.165) is 32.9 Å². The van der Waals surface area contributed by atoms with Gasteiger partial charge < -0.3 is 9.72 Å². The predicted octanol–water partition coefficient (Wildman–Crippen LogP) is 5.12. The number of imide groups is 1. The minimum Gasteiger partial charge on any atom is -0.489 e. The van der Waals surface area contributed by atoms with Gasteiger partial charge in [-0.25, -0.2) is 4.90 Å². The van der Waals surface area contributed by atoms with Crippen LogP contribution in [0.5, 0.6) is 5.75 Å².